The Balaban J connectivity index is 1.73. The summed E-state index contributed by atoms with van der Waals surface area (Å²) in [6, 6.07) is 9.64. The zero-order valence-corrected chi connectivity index (χ0v) is 13.6. The highest BCUT2D eigenvalue weighted by Crippen LogP contribution is 2.23. The van der Waals surface area contributed by atoms with Crippen molar-refractivity contribution in [3.63, 3.8) is 0 Å². The van der Waals surface area contributed by atoms with Crippen LogP contribution in [0, 0.1) is 0 Å². The maximum atomic E-state index is 5.17. The van der Waals surface area contributed by atoms with Gasteiger partial charge in [0, 0.05) is 24.9 Å². The van der Waals surface area contributed by atoms with E-state index in [9.17, 15) is 0 Å². The summed E-state index contributed by atoms with van der Waals surface area (Å²) < 4.78 is 12.0. The van der Waals surface area contributed by atoms with E-state index in [1.54, 1.807) is 20.4 Å². The van der Waals surface area contributed by atoms with E-state index in [1.807, 2.05) is 41.2 Å². The van der Waals surface area contributed by atoms with E-state index in [0.717, 1.165) is 22.7 Å². The topological polar surface area (TPSA) is 74.1 Å². The molecule has 0 spiro atoms. The van der Waals surface area contributed by atoms with Crippen LogP contribution in [0.2, 0.25) is 0 Å². The molecule has 2 aromatic heterocycles. The first-order valence-corrected chi connectivity index (χ1v) is 7.53. The molecule has 7 heteroatoms. The van der Waals surface area contributed by atoms with Gasteiger partial charge in [0.25, 0.3) is 0 Å². The number of methoxy groups -OCH3 is 2. The molecule has 0 aliphatic heterocycles. The van der Waals surface area contributed by atoms with Crippen molar-refractivity contribution in [3.8, 4) is 17.0 Å². The molecule has 124 valence electrons. The first-order valence-electron chi connectivity index (χ1n) is 7.53. The van der Waals surface area contributed by atoms with Gasteiger partial charge in [0.1, 0.15) is 17.9 Å². The lowest BCUT2D eigenvalue weighted by molar-refractivity contribution is 0.183. The van der Waals surface area contributed by atoms with Gasteiger partial charge in [0.2, 0.25) is 0 Å². The zero-order chi connectivity index (χ0) is 16.8. The molecular formula is C17H19N5O2. The van der Waals surface area contributed by atoms with Gasteiger partial charge < -0.3 is 14.8 Å². The molecule has 0 fully saturated rings. The molecule has 0 atom stereocenters. The lowest BCUT2D eigenvalue weighted by Crippen LogP contribution is -2.04. The molecule has 24 heavy (non-hydrogen) atoms. The largest absolute Gasteiger partial charge is 0.497 e. The normalized spacial score (nSPS) is 10.6. The Morgan fingerprint density at radius 2 is 1.96 bits per heavy atom. The summed E-state index contributed by atoms with van der Waals surface area (Å²) in [5, 5.41) is 7.50. The summed E-state index contributed by atoms with van der Waals surface area (Å²) >= 11 is 0. The quantitative estimate of drug-likeness (QED) is 0.720. The fraction of sp³-hybridized carbons (Fsp3) is 0.235. The molecule has 0 amide bonds. The predicted octanol–water partition coefficient (Wildman–Crippen LogP) is 2.74. The van der Waals surface area contributed by atoms with Crippen LogP contribution >= 0.6 is 0 Å². The minimum absolute atomic E-state index is 0.621. The van der Waals surface area contributed by atoms with Crippen molar-refractivity contribution >= 4 is 11.5 Å². The van der Waals surface area contributed by atoms with E-state index >= 15 is 0 Å². The van der Waals surface area contributed by atoms with E-state index in [0.29, 0.717) is 19.0 Å². The Bertz CT molecular complexity index is 786. The number of rotatable bonds is 7. The van der Waals surface area contributed by atoms with Crippen LogP contribution in [0.3, 0.4) is 0 Å². The van der Waals surface area contributed by atoms with Crippen molar-refractivity contribution < 1.29 is 9.47 Å². The zero-order valence-electron chi connectivity index (χ0n) is 13.6. The average Bonchev–Trinajstić information content (AvgIpc) is 3.07. The smallest absolute Gasteiger partial charge is 0.134 e. The number of aromatic nitrogens is 4. The summed E-state index contributed by atoms with van der Waals surface area (Å²) in [4.78, 5) is 8.58. The Labute approximate surface area is 140 Å². The third-order valence-electron chi connectivity index (χ3n) is 3.48. The standard InChI is InChI=1S/C17H19N5O2/c1-23-8-7-22-11-14(10-20-22)21-17-9-16(18-12-19-17)13-3-5-15(24-2)6-4-13/h3-6,9-12H,7-8H2,1-2H3,(H,18,19,21). The fourth-order valence-electron chi connectivity index (χ4n) is 2.23. The summed E-state index contributed by atoms with van der Waals surface area (Å²) in [6.45, 7) is 1.33. The molecule has 0 radical (unpaired) electrons. The maximum Gasteiger partial charge on any atom is 0.134 e. The lowest BCUT2D eigenvalue weighted by Gasteiger charge is -2.06. The molecule has 0 saturated heterocycles. The molecule has 0 unspecified atom stereocenters. The maximum absolute atomic E-state index is 5.17. The van der Waals surface area contributed by atoms with E-state index < -0.39 is 0 Å². The van der Waals surface area contributed by atoms with Crippen LogP contribution in [-0.4, -0.2) is 40.6 Å². The van der Waals surface area contributed by atoms with E-state index in [2.05, 4.69) is 20.4 Å². The second-order valence-corrected chi connectivity index (χ2v) is 5.13. The van der Waals surface area contributed by atoms with Crippen molar-refractivity contribution in [2.75, 3.05) is 26.1 Å². The number of anilines is 2. The molecule has 2 heterocycles. The molecular weight excluding hydrogens is 306 g/mol. The number of hydrogen-bond acceptors (Lipinski definition) is 6. The minimum atomic E-state index is 0.621. The van der Waals surface area contributed by atoms with Gasteiger partial charge in [-0.05, 0) is 24.3 Å². The van der Waals surface area contributed by atoms with Crippen molar-refractivity contribution in [2.24, 2.45) is 0 Å². The number of nitrogens with zero attached hydrogens (tertiary/aromatic N) is 4. The molecule has 1 N–H and O–H groups in total. The van der Waals surface area contributed by atoms with Crippen LogP contribution in [0.4, 0.5) is 11.5 Å². The third kappa shape index (κ3) is 3.88. The molecule has 3 aromatic rings. The molecule has 1 aromatic carbocycles. The van der Waals surface area contributed by atoms with Gasteiger partial charge in [0.05, 0.1) is 37.8 Å². The van der Waals surface area contributed by atoms with Gasteiger partial charge >= 0.3 is 0 Å². The van der Waals surface area contributed by atoms with Crippen molar-refractivity contribution in [3.05, 3.63) is 49.1 Å². The van der Waals surface area contributed by atoms with Gasteiger partial charge in [0.15, 0.2) is 0 Å². The molecule has 0 aliphatic rings. The van der Waals surface area contributed by atoms with Crippen LogP contribution in [-0.2, 0) is 11.3 Å². The van der Waals surface area contributed by atoms with E-state index in [-0.39, 0.29) is 0 Å². The van der Waals surface area contributed by atoms with Crippen LogP contribution in [0.1, 0.15) is 0 Å². The molecule has 0 aliphatic carbocycles. The molecule has 0 bridgehead atoms. The first-order chi connectivity index (χ1) is 11.8. The highest BCUT2D eigenvalue weighted by Gasteiger charge is 2.04. The van der Waals surface area contributed by atoms with Crippen LogP contribution in [0.15, 0.2) is 49.1 Å². The highest BCUT2D eigenvalue weighted by molar-refractivity contribution is 5.65. The molecule has 7 nitrogen and oxygen atoms in total. The first kappa shape index (κ1) is 15.9. The summed E-state index contributed by atoms with van der Waals surface area (Å²) in [5.74, 6) is 1.52. The number of ether oxygens (including phenoxy) is 2. The Morgan fingerprint density at radius 1 is 1.12 bits per heavy atom. The second-order valence-electron chi connectivity index (χ2n) is 5.13. The fourth-order valence-corrected chi connectivity index (χ4v) is 2.23. The van der Waals surface area contributed by atoms with Gasteiger partial charge in [-0.15, -0.1) is 0 Å². The van der Waals surface area contributed by atoms with Crippen molar-refractivity contribution in [2.45, 2.75) is 6.54 Å². The number of nitrogens with one attached hydrogen (secondary N) is 1. The van der Waals surface area contributed by atoms with E-state index in [4.69, 9.17) is 9.47 Å². The summed E-state index contributed by atoms with van der Waals surface area (Å²) in [6.07, 6.45) is 5.20. The Morgan fingerprint density at radius 3 is 2.71 bits per heavy atom. The number of hydrogen-bond donors (Lipinski definition) is 1. The second kappa shape index (κ2) is 7.56. The molecule has 0 saturated carbocycles. The van der Waals surface area contributed by atoms with Crippen LogP contribution in [0.5, 0.6) is 5.75 Å². The summed E-state index contributed by atoms with van der Waals surface area (Å²) in [7, 11) is 3.32. The van der Waals surface area contributed by atoms with Gasteiger partial charge in [-0.3, -0.25) is 4.68 Å². The van der Waals surface area contributed by atoms with Crippen molar-refractivity contribution in [1.82, 2.24) is 19.7 Å². The minimum Gasteiger partial charge on any atom is -0.497 e. The summed E-state index contributed by atoms with van der Waals surface area (Å²) in [5.41, 5.74) is 2.70. The van der Waals surface area contributed by atoms with Gasteiger partial charge in [-0.25, -0.2) is 9.97 Å². The predicted molar refractivity (Wildman–Crippen MR) is 91.4 cm³/mol. The average molecular weight is 325 g/mol. The lowest BCUT2D eigenvalue weighted by atomic mass is 10.1. The Hall–Kier alpha value is -2.93. The monoisotopic (exact) mass is 325 g/mol. The Kier molecular flexibility index (Phi) is 5.02. The molecule has 3 rings (SSSR count). The third-order valence-corrected chi connectivity index (χ3v) is 3.48. The van der Waals surface area contributed by atoms with Crippen LogP contribution in [0.25, 0.3) is 11.3 Å². The SMILES string of the molecule is COCCn1cc(Nc2cc(-c3ccc(OC)cc3)ncn2)cn1. The van der Waals surface area contributed by atoms with Gasteiger partial charge in [-0.2, -0.15) is 5.10 Å². The van der Waals surface area contributed by atoms with Crippen molar-refractivity contribution in [1.29, 1.82) is 0 Å². The van der Waals surface area contributed by atoms with Gasteiger partial charge in [-0.1, -0.05) is 0 Å². The van der Waals surface area contributed by atoms with Crippen LogP contribution < -0.4 is 10.1 Å². The number of benzene rings is 1. The van der Waals surface area contributed by atoms with E-state index in [1.165, 1.54) is 6.33 Å². The highest BCUT2D eigenvalue weighted by atomic mass is 16.5.